The highest BCUT2D eigenvalue weighted by Gasteiger charge is 2.16. The second-order valence-corrected chi connectivity index (χ2v) is 6.50. The Morgan fingerprint density at radius 3 is 2.28 bits per heavy atom. The fourth-order valence-corrected chi connectivity index (χ4v) is 2.36. The maximum absolute atomic E-state index is 12.4. The molecule has 1 amide bonds. The van der Waals surface area contributed by atoms with E-state index >= 15 is 0 Å². The lowest BCUT2D eigenvalue weighted by atomic mass is 10.00. The van der Waals surface area contributed by atoms with E-state index < -0.39 is 5.97 Å². The molecule has 0 heterocycles. The summed E-state index contributed by atoms with van der Waals surface area (Å²) in [4.78, 5) is 24.3. The van der Waals surface area contributed by atoms with Gasteiger partial charge in [-0.2, -0.15) is 0 Å². The zero-order valence-electron chi connectivity index (χ0n) is 15.0. The fraction of sp³-hybridized carbons (Fsp3) is 0.333. The van der Waals surface area contributed by atoms with Crippen molar-refractivity contribution >= 4 is 11.9 Å². The number of carbonyl (C=O) groups excluding carboxylic acids is 2. The highest BCUT2D eigenvalue weighted by Crippen LogP contribution is 2.15. The van der Waals surface area contributed by atoms with Gasteiger partial charge in [0.1, 0.15) is 0 Å². The Labute approximate surface area is 149 Å². The molecule has 4 heteroatoms. The van der Waals surface area contributed by atoms with Crippen LogP contribution < -0.4 is 5.32 Å². The summed E-state index contributed by atoms with van der Waals surface area (Å²) in [5.41, 5.74) is 2.50. The molecule has 0 spiro atoms. The first-order valence-corrected chi connectivity index (χ1v) is 8.55. The van der Waals surface area contributed by atoms with E-state index in [0.717, 1.165) is 11.1 Å². The summed E-state index contributed by atoms with van der Waals surface area (Å²) in [5.74, 6) is -0.430. The number of esters is 1. The van der Waals surface area contributed by atoms with Crippen LogP contribution in [0.25, 0.3) is 0 Å². The van der Waals surface area contributed by atoms with Gasteiger partial charge in [0.2, 0.25) is 0 Å². The topological polar surface area (TPSA) is 55.4 Å². The number of hydrogen-bond acceptors (Lipinski definition) is 3. The molecule has 1 atom stereocenters. The normalized spacial score (nSPS) is 11.8. The third-order valence-electron chi connectivity index (χ3n) is 4.20. The van der Waals surface area contributed by atoms with Gasteiger partial charge in [0.05, 0.1) is 5.56 Å². The van der Waals surface area contributed by atoms with Crippen LogP contribution in [0.5, 0.6) is 0 Å². The zero-order chi connectivity index (χ0) is 18.2. The van der Waals surface area contributed by atoms with Crippen molar-refractivity contribution in [1.29, 1.82) is 0 Å². The molecule has 2 aromatic carbocycles. The van der Waals surface area contributed by atoms with Gasteiger partial charge in [-0.3, -0.25) is 4.79 Å². The second-order valence-electron chi connectivity index (χ2n) is 6.50. The van der Waals surface area contributed by atoms with Crippen LogP contribution in [-0.2, 0) is 16.0 Å². The van der Waals surface area contributed by atoms with Crippen molar-refractivity contribution in [1.82, 2.24) is 5.32 Å². The third-order valence-corrected chi connectivity index (χ3v) is 4.20. The molecule has 0 aliphatic carbocycles. The van der Waals surface area contributed by atoms with Crippen molar-refractivity contribution < 1.29 is 14.3 Å². The van der Waals surface area contributed by atoms with Gasteiger partial charge >= 0.3 is 5.97 Å². The molecule has 2 rings (SSSR count). The molecule has 0 saturated carbocycles. The van der Waals surface area contributed by atoms with Crippen LogP contribution in [0.15, 0.2) is 54.6 Å². The Bertz CT molecular complexity index is 710. The van der Waals surface area contributed by atoms with Crippen molar-refractivity contribution in [3.8, 4) is 0 Å². The predicted octanol–water partition coefficient (Wildman–Crippen LogP) is 3.59. The molecule has 25 heavy (non-hydrogen) atoms. The molecule has 2 aromatic rings. The summed E-state index contributed by atoms with van der Waals surface area (Å²) in [7, 11) is 0. The average molecular weight is 339 g/mol. The lowest BCUT2D eigenvalue weighted by Crippen LogP contribution is -2.38. The van der Waals surface area contributed by atoms with Crippen LogP contribution >= 0.6 is 0 Å². The summed E-state index contributed by atoms with van der Waals surface area (Å²) >= 11 is 0. The van der Waals surface area contributed by atoms with Gasteiger partial charge < -0.3 is 10.1 Å². The van der Waals surface area contributed by atoms with E-state index in [4.69, 9.17) is 4.74 Å². The standard InChI is InChI=1S/C21H25NO3/c1-15(2)16(3)22-20(23)14-25-21(24)19-12-8-7-11-18(19)13-17-9-5-4-6-10-17/h4-12,15-16H,13-14H2,1-3H3,(H,22,23). The smallest absolute Gasteiger partial charge is 0.338 e. The largest absolute Gasteiger partial charge is 0.452 e. The van der Waals surface area contributed by atoms with E-state index in [1.807, 2.05) is 63.2 Å². The lowest BCUT2D eigenvalue weighted by molar-refractivity contribution is -0.125. The average Bonchev–Trinajstić information content (AvgIpc) is 2.61. The van der Waals surface area contributed by atoms with Gasteiger partial charge in [-0.15, -0.1) is 0 Å². The van der Waals surface area contributed by atoms with Crippen LogP contribution in [0.1, 0.15) is 42.3 Å². The first kappa shape index (κ1) is 18.7. The van der Waals surface area contributed by atoms with E-state index in [-0.39, 0.29) is 18.6 Å². The molecule has 132 valence electrons. The Morgan fingerprint density at radius 1 is 0.960 bits per heavy atom. The van der Waals surface area contributed by atoms with Crippen molar-refractivity contribution in [3.05, 3.63) is 71.3 Å². The van der Waals surface area contributed by atoms with Crippen LogP contribution in [0, 0.1) is 5.92 Å². The number of nitrogens with one attached hydrogen (secondary N) is 1. The number of benzene rings is 2. The van der Waals surface area contributed by atoms with E-state index in [1.54, 1.807) is 12.1 Å². The molecule has 0 aliphatic heterocycles. The Kier molecular flexibility index (Phi) is 6.75. The summed E-state index contributed by atoms with van der Waals surface area (Å²) in [5, 5.41) is 2.82. The molecule has 1 N–H and O–H groups in total. The minimum Gasteiger partial charge on any atom is -0.452 e. The molecule has 1 unspecified atom stereocenters. The summed E-state index contributed by atoms with van der Waals surface area (Å²) < 4.78 is 5.20. The highest BCUT2D eigenvalue weighted by atomic mass is 16.5. The van der Waals surface area contributed by atoms with Crippen LogP contribution in [0.2, 0.25) is 0 Å². The van der Waals surface area contributed by atoms with Crippen molar-refractivity contribution in [2.75, 3.05) is 6.61 Å². The molecule has 0 radical (unpaired) electrons. The molecular formula is C21H25NO3. The minimum atomic E-state index is -0.473. The maximum atomic E-state index is 12.4. The first-order chi connectivity index (χ1) is 12.0. The number of carbonyl (C=O) groups is 2. The molecule has 0 saturated heterocycles. The first-order valence-electron chi connectivity index (χ1n) is 8.55. The van der Waals surface area contributed by atoms with E-state index in [0.29, 0.717) is 17.9 Å². The number of rotatable bonds is 7. The molecule has 0 fully saturated rings. The maximum Gasteiger partial charge on any atom is 0.338 e. The quantitative estimate of drug-likeness (QED) is 0.784. The number of ether oxygens (including phenoxy) is 1. The summed E-state index contributed by atoms with van der Waals surface area (Å²) in [6.07, 6.45) is 0.642. The van der Waals surface area contributed by atoms with Crippen LogP contribution in [0.4, 0.5) is 0 Å². The summed E-state index contributed by atoms with van der Waals surface area (Å²) in [6, 6.07) is 17.3. The van der Waals surface area contributed by atoms with Crippen molar-refractivity contribution in [2.24, 2.45) is 5.92 Å². The van der Waals surface area contributed by atoms with Gasteiger partial charge in [-0.25, -0.2) is 4.79 Å². The van der Waals surface area contributed by atoms with Crippen LogP contribution in [-0.4, -0.2) is 24.5 Å². The second kappa shape index (κ2) is 9.02. The van der Waals surface area contributed by atoms with Gasteiger partial charge in [-0.05, 0) is 36.5 Å². The van der Waals surface area contributed by atoms with E-state index in [1.165, 1.54) is 0 Å². The van der Waals surface area contributed by atoms with Gasteiger partial charge in [0.15, 0.2) is 6.61 Å². The number of hydrogen-bond donors (Lipinski definition) is 1. The minimum absolute atomic E-state index is 0.0385. The van der Waals surface area contributed by atoms with E-state index in [9.17, 15) is 9.59 Å². The van der Waals surface area contributed by atoms with Gasteiger partial charge in [-0.1, -0.05) is 62.4 Å². The molecule has 0 aliphatic rings. The monoisotopic (exact) mass is 339 g/mol. The van der Waals surface area contributed by atoms with Gasteiger partial charge in [0, 0.05) is 6.04 Å². The predicted molar refractivity (Wildman–Crippen MR) is 98.4 cm³/mol. The Morgan fingerprint density at radius 2 is 1.60 bits per heavy atom. The highest BCUT2D eigenvalue weighted by molar-refractivity contribution is 5.92. The zero-order valence-corrected chi connectivity index (χ0v) is 15.0. The van der Waals surface area contributed by atoms with Crippen LogP contribution in [0.3, 0.4) is 0 Å². The Balaban J connectivity index is 1.99. The van der Waals surface area contributed by atoms with Crippen molar-refractivity contribution in [2.45, 2.75) is 33.2 Å². The van der Waals surface area contributed by atoms with E-state index in [2.05, 4.69) is 5.32 Å². The number of amides is 1. The SMILES string of the molecule is CC(C)C(C)NC(=O)COC(=O)c1ccccc1Cc1ccccc1. The molecule has 0 bridgehead atoms. The van der Waals surface area contributed by atoms with Gasteiger partial charge in [0.25, 0.3) is 5.91 Å². The Hall–Kier alpha value is -2.62. The lowest BCUT2D eigenvalue weighted by Gasteiger charge is -2.17. The molecule has 0 aromatic heterocycles. The third kappa shape index (κ3) is 5.75. The van der Waals surface area contributed by atoms with Crippen molar-refractivity contribution in [3.63, 3.8) is 0 Å². The molecule has 4 nitrogen and oxygen atoms in total. The summed E-state index contributed by atoms with van der Waals surface area (Å²) in [6.45, 7) is 5.71. The fourth-order valence-electron chi connectivity index (χ4n) is 2.36. The molecular weight excluding hydrogens is 314 g/mol.